The van der Waals surface area contributed by atoms with Gasteiger partial charge in [-0.2, -0.15) is 0 Å². The highest BCUT2D eigenvalue weighted by Gasteiger charge is 2.64. The third-order valence-corrected chi connectivity index (χ3v) is 9.38. The summed E-state index contributed by atoms with van der Waals surface area (Å²) in [4.78, 5) is 49.1. The minimum atomic E-state index is -1.06. The minimum absolute atomic E-state index is 0.0424. The molecule has 0 unspecified atom stereocenters. The van der Waals surface area contributed by atoms with Gasteiger partial charge in [0.05, 0.1) is 0 Å². The SMILES string of the molecule is CC(C)(C)C1CCC(O/N=C(\C(=O)N[C@@H]2C(=O)N3[C@@H]2SC(C)(C)[C@@H]3C(=O)O)c2csc(N)n2)CC1. The molecule has 4 rings (SSSR count). The quantitative estimate of drug-likeness (QED) is 0.293. The number of rotatable bonds is 6. The molecule has 2 amide bonds. The topological polar surface area (TPSA) is 147 Å². The molecular weight excluding hydrogens is 490 g/mol. The predicted octanol–water partition coefficient (Wildman–Crippen LogP) is 2.68. The number of nitrogens with two attached hydrogens (primary N) is 1. The van der Waals surface area contributed by atoms with Gasteiger partial charge in [-0.25, -0.2) is 9.78 Å². The summed E-state index contributed by atoms with van der Waals surface area (Å²) in [6, 6.07) is -1.80. The number of aliphatic carboxylic acids is 1. The molecule has 1 aromatic heterocycles. The van der Waals surface area contributed by atoms with Gasteiger partial charge < -0.3 is 25.9 Å². The molecule has 35 heavy (non-hydrogen) atoms. The van der Waals surface area contributed by atoms with Crippen LogP contribution in [0.4, 0.5) is 5.13 Å². The molecule has 12 heteroatoms. The summed E-state index contributed by atoms with van der Waals surface area (Å²) in [5.74, 6) is -1.47. The number of nitrogens with one attached hydrogen (secondary N) is 1. The van der Waals surface area contributed by atoms with Crippen molar-refractivity contribution in [3.8, 4) is 0 Å². The fourth-order valence-corrected chi connectivity index (χ4v) is 7.29. The lowest BCUT2D eigenvalue weighted by Gasteiger charge is -2.43. The third-order valence-electron chi connectivity index (χ3n) is 7.13. The average Bonchev–Trinajstić information content (AvgIpc) is 3.30. The number of hydrogen-bond acceptors (Lipinski definition) is 9. The molecule has 3 fully saturated rings. The first-order valence-corrected chi connectivity index (χ1v) is 13.5. The van der Waals surface area contributed by atoms with Crippen LogP contribution < -0.4 is 11.1 Å². The van der Waals surface area contributed by atoms with Crippen molar-refractivity contribution in [2.45, 2.75) is 88.6 Å². The van der Waals surface area contributed by atoms with E-state index in [0.717, 1.165) is 25.7 Å². The number of thiazole rings is 1. The number of hydrogen-bond donors (Lipinski definition) is 3. The number of oxime groups is 1. The number of aromatic nitrogens is 1. The second kappa shape index (κ2) is 9.27. The van der Waals surface area contributed by atoms with Crippen molar-refractivity contribution >= 4 is 51.7 Å². The number of carbonyl (C=O) groups is 3. The second-order valence-corrected chi connectivity index (χ2v) is 13.7. The van der Waals surface area contributed by atoms with Gasteiger partial charge in [0.15, 0.2) is 10.8 Å². The van der Waals surface area contributed by atoms with Crippen molar-refractivity contribution < 1.29 is 24.3 Å². The number of β-lactam (4-membered cyclic amide) rings is 1. The van der Waals surface area contributed by atoms with Crippen LogP contribution in [0.15, 0.2) is 10.5 Å². The second-order valence-electron chi connectivity index (χ2n) is 11.0. The number of thioether (sulfide) groups is 1. The Morgan fingerprint density at radius 2 is 1.94 bits per heavy atom. The largest absolute Gasteiger partial charge is 0.480 e. The highest BCUT2D eigenvalue weighted by Crippen LogP contribution is 2.50. The van der Waals surface area contributed by atoms with Crippen molar-refractivity contribution in [2.75, 3.05) is 5.73 Å². The summed E-state index contributed by atoms with van der Waals surface area (Å²) < 4.78 is -0.680. The molecule has 3 heterocycles. The molecule has 0 spiro atoms. The molecule has 4 N–H and O–H groups in total. The Morgan fingerprint density at radius 3 is 2.49 bits per heavy atom. The van der Waals surface area contributed by atoms with Gasteiger partial charge in [0.25, 0.3) is 5.91 Å². The zero-order valence-electron chi connectivity index (χ0n) is 20.6. The number of amides is 2. The van der Waals surface area contributed by atoms with E-state index in [1.807, 2.05) is 0 Å². The van der Waals surface area contributed by atoms with Crippen molar-refractivity contribution in [1.82, 2.24) is 15.2 Å². The van der Waals surface area contributed by atoms with Gasteiger partial charge in [0.1, 0.15) is 29.3 Å². The summed E-state index contributed by atoms with van der Waals surface area (Å²) in [5.41, 5.74) is 6.25. The Morgan fingerprint density at radius 1 is 1.29 bits per heavy atom. The minimum Gasteiger partial charge on any atom is -0.480 e. The van der Waals surface area contributed by atoms with E-state index in [4.69, 9.17) is 10.6 Å². The third kappa shape index (κ3) is 5.00. The first-order chi connectivity index (χ1) is 16.3. The highest BCUT2D eigenvalue weighted by molar-refractivity contribution is 8.01. The number of fused-ring (bicyclic) bond motifs is 1. The van der Waals surface area contributed by atoms with Gasteiger partial charge in [-0.15, -0.1) is 23.1 Å². The Hall–Kier alpha value is -2.34. The summed E-state index contributed by atoms with van der Waals surface area (Å²) in [5, 5.41) is 18.0. The highest BCUT2D eigenvalue weighted by atomic mass is 32.2. The first kappa shape index (κ1) is 25.7. The lowest BCUT2D eigenvalue weighted by atomic mass is 9.72. The summed E-state index contributed by atoms with van der Waals surface area (Å²) in [6.45, 7) is 10.3. The molecule has 0 aromatic carbocycles. The Balaban J connectivity index is 1.46. The first-order valence-electron chi connectivity index (χ1n) is 11.8. The molecule has 192 valence electrons. The van der Waals surface area contributed by atoms with E-state index < -0.39 is 40.0 Å². The molecule has 2 saturated heterocycles. The van der Waals surface area contributed by atoms with Crippen molar-refractivity contribution in [2.24, 2.45) is 16.5 Å². The Bertz CT molecular complexity index is 1040. The normalized spacial score (nSPS) is 30.4. The Labute approximate surface area is 213 Å². The van der Waals surface area contributed by atoms with Crippen LogP contribution in [0.3, 0.4) is 0 Å². The number of anilines is 1. The van der Waals surface area contributed by atoms with Gasteiger partial charge in [-0.1, -0.05) is 25.9 Å². The van der Waals surface area contributed by atoms with Crippen molar-refractivity contribution in [1.29, 1.82) is 0 Å². The molecular formula is C23H33N5O5S2. The molecule has 0 radical (unpaired) electrons. The number of carboxylic acid groups (broad SMARTS) is 1. The monoisotopic (exact) mass is 523 g/mol. The number of nitrogens with zero attached hydrogens (tertiary/aromatic N) is 3. The smallest absolute Gasteiger partial charge is 0.327 e. The van der Waals surface area contributed by atoms with Gasteiger partial charge >= 0.3 is 5.97 Å². The fraction of sp³-hybridized carbons (Fsp3) is 0.696. The van der Waals surface area contributed by atoms with E-state index in [1.54, 1.807) is 19.2 Å². The van der Waals surface area contributed by atoms with Crippen LogP contribution in [0.1, 0.15) is 66.0 Å². The number of nitrogen functional groups attached to an aromatic ring is 1. The van der Waals surface area contributed by atoms with Crippen LogP contribution in [0.5, 0.6) is 0 Å². The molecule has 2 aliphatic heterocycles. The van der Waals surface area contributed by atoms with E-state index in [9.17, 15) is 19.5 Å². The van der Waals surface area contributed by atoms with E-state index in [2.05, 4.69) is 36.2 Å². The van der Waals surface area contributed by atoms with E-state index >= 15 is 0 Å². The van der Waals surface area contributed by atoms with Crippen LogP contribution in [0.25, 0.3) is 0 Å². The standard InChI is InChI=1S/C23H33N5O5S2/c1-22(2,3)11-6-8-12(9-7-11)33-27-14(13-10-34-21(24)25-13)17(29)26-15-18(30)28-16(20(31)32)23(4,5)35-19(15)28/h10-12,15-16,19H,6-9H2,1-5H3,(H2,24,25)(H,26,29)(H,31,32)/b27-14-/t11?,12?,15-,16+,19-/m1/s1. The van der Waals surface area contributed by atoms with E-state index in [0.29, 0.717) is 5.92 Å². The molecule has 10 nitrogen and oxygen atoms in total. The van der Waals surface area contributed by atoms with Crippen molar-refractivity contribution in [3.05, 3.63) is 11.1 Å². The van der Waals surface area contributed by atoms with Crippen LogP contribution in [0.2, 0.25) is 0 Å². The van der Waals surface area contributed by atoms with Gasteiger partial charge in [0, 0.05) is 10.1 Å². The van der Waals surface area contributed by atoms with Crippen LogP contribution >= 0.6 is 23.1 Å². The molecule has 3 aliphatic rings. The van der Waals surface area contributed by atoms with Crippen LogP contribution in [-0.2, 0) is 19.2 Å². The van der Waals surface area contributed by atoms with E-state index in [1.165, 1.54) is 28.0 Å². The van der Waals surface area contributed by atoms with Gasteiger partial charge in [-0.3, -0.25) is 9.59 Å². The number of carbonyl (C=O) groups excluding carboxylic acids is 2. The zero-order chi connectivity index (χ0) is 25.7. The summed E-state index contributed by atoms with van der Waals surface area (Å²) in [6.07, 6.45) is 3.65. The molecule has 1 saturated carbocycles. The maximum absolute atomic E-state index is 13.2. The van der Waals surface area contributed by atoms with Crippen molar-refractivity contribution in [3.63, 3.8) is 0 Å². The Kier molecular flexibility index (Phi) is 6.82. The number of carboxylic acids is 1. The summed E-state index contributed by atoms with van der Waals surface area (Å²) >= 11 is 2.54. The maximum atomic E-state index is 13.2. The lowest BCUT2D eigenvalue weighted by Crippen LogP contribution is -2.71. The van der Waals surface area contributed by atoms with Gasteiger partial charge in [0.2, 0.25) is 5.91 Å². The van der Waals surface area contributed by atoms with Crippen LogP contribution in [0, 0.1) is 11.3 Å². The van der Waals surface area contributed by atoms with Gasteiger partial charge in [-0.05, 0) is 50.9 Å². The summed E-state index contributed by atoms with van der Waals surface area (Å²) in [7, 11) is 0. The van der Waals surface area contributed by atoms with E-state index in [-0.39, 0.29) is 28.1 Å². The van der Waals surface area contributed by atoms with Crippen LogP contribution in [-0.4, -0.2) is 66.8 Å². The average molecular weight is 524 g/mol. The molecule has 1 aliphatic carbocycles. The molecule has 1 aromatic rings. The maximum Gasteiger partial charge on any atom is 0.327 e. The molecule has 3 atom stereocenters. The lowest BCUT2D eigenvalue weighted by molar-refractivity contribution is -0.160. The molecule has 0 bridgehead atoms. The fourth-order valence-electron chi connectivity index (χ4n) is 5.12. The predicted molar refractivity (Wildman–Crippen MR) is 135 cm³/mol. The zero-order valence-corrected chi connectivity index (χ0v) is 22.2.